The van der Waals surface area contributed by atoms with Crippen molar-refractivity contribution in [2.24, 2.45) is 0 Å². The molecule has 0 atom stereocenters. The van der Waals surface area contributed by atoms with Crippen LogP contribution in [0.1, 0.15) is 37.0 Å². The summed E-state index contributed by atoms with van der Waals surface area (Å²) in [6.45, 7) is 3.00. The highest BCUT2D eigenvalue weighted by Gasteiger charge is 2.30. The number of aliphatic carboxylic acids is 1. The summed E-state index contributed by atoms with van der Waals surface area (Å²) >= 11 is 0. The Balaban J connectivity index is 1.90. The zero-order valence-corrected chi connectivity index (χ0v) is 14.9. The fraction of sp³-hybridized carbons (Fsp3) is 0.333. The smallest absolute Gasteiger partial charge is 0.331 e. The summed E-state index contributed by atoms with van der Waals surface area (Å²) in [7, 11) is 1.54. The largest absolute Gasteiger partial charge is 0.497 e. The quantitative estimate of drug-likeness (QED) is 0.700. The topological polar surface area (TPSA) is 111 Å². The number of ether oxygens (including phenoxy) is 1. The third kappa shape index (κ3) is 4.47. The molecular weight excluding hydrogens is 338 g/mol. The third-order valence-corrected chi connectivity index (χ3v) is 3.95. The summed E-state index contributed by atoms with van der Waals surface area (Å²) in [5.41, 5.74) is -0.344. The lowest BCUT2D eigenvalue weighted by atomic mass is 10.1. The van der Waals surface area contributed by atoms with Gasteiger partial charge in [0.25, 0.3) is 0 Å². The molecule has 0 saturated heterocycles. The second kappa shape index (κ2) is 7.81. The minimum absolute atomic E-state index is 0.0123. The normalized spacial score (nSPS) is 11.0. The number of aromatic nitrogens is 2. The fourth-order valence-electron chi connectivity index (χ4n) is 2.16. The van der Waals surface area contributed by atoms with Crippen molar-refractivity contribution >= 4 is 23.3 Å². The van der Waals surface area contributed by atoms with Crippen molar-refractivity contribution in [2.45, 2.75) is 32.2 Å². The van der Waals surface area contributed by atoms with E-state index in [1.165, 1.54) is 30.9 Å². The Morgan fingerprint density at radius 1 is 1.19 bits per heavy atom. The highest BCUT2D eigenvalue weighted by Crippen LogP contribution is 2.18. The van der Waals surface area contributed by atoms with E-state index in [4.69, 9.17) is 4.74 Å². The number of carbonyl (C=O) groups is 3. The number of Topliss-reactive ketones (excluding diaryl/α,β-unsaturated/α-hetero) is 1. The maximum Gasteiger partial charge on any atom is 0.331 e. The van der Waals surface area contributed by atoms with Crippen LogP contribution in [0.4, 0.5) is 5.69 Å². The number of nitrogens with one attached hydrogen (secondary N) is 1. The Morgan fingerprint density at radius 2 is 1.85 bits per heavy atom. The lowest BCUT2D eigenvalue weighted by Crippen LogP contribution is -2.35. The molecule has 1 amide bonds. The molecule has 0 unspecified atom stereocenters. The second-order valence-electron chi connectivity index (χ2n) is 6.24. The Bertz CT molecular complexity index is 808. The minimum atomic E-state index is -1.23. The van der Waals surface area contributed by atoms with E-state index < -0.39 is 11.5 Å². The first-order chi connectivity index (χ1) is 12.2. The molecule has 0 bridgehead atoms. The molecule has 2 N–H and O–H groups in total. The summed E-state index contributed by atoms with van der Waals surface area (Å²) in [6, 6.07) is 6.67. The van der Waals surface area contributed by atoms with E-state index in [-0.39, 0.29) is 24.5 Å². The number of ketones is 1. The van der Waals surface area contributed by atoms with Gasteiger partial charge in [0.2, 0.25) is 5.91 Å². The van der Waals surface area contributed by atoms with Crippen LogP contribution in [0.25, 0.3) is 0 Å². The van der Waals surface area contributed by atoms with Gasteiger partial charge < -0.3 is 15.2 Å². The zero-order valence-electron chi connectivity index (χ0n) is 14.9. The first-order valence-electron chi connectivity index (χ1n) is 7.99. The number of methoxy groups -OCH3 is 1. The van der Waals surface area contributed by atoms with Crippen molar-refractivity contribution in [1.29, 1.82) is 0 Å². The van der Waals surface area contributed by atoms with Crippen molar-refractivity contribution in [2.75, 3.05) is 12.4 Å². The predicted molar refractivity (Wildman–Crippen MR) is 94.4 cm³/mol. The van der Waals surface area contributed by atoms with Crippen molar-refractivity contribution in [3.05, 3.63) is 42.2 Å². The molecule has 138 valence electrons. The predicted octanol–water partition coefficient (Wildman–Crippen LogP) is 2.31. The summed E-state index contributed by atoms with van der Waals surface area (Å²) < 4.78 is 6.29. The van der Waals surface area contributed by atoms with E-state index >= 15 is 0 Å². The SMILES string of the molecule is COc1ccc(C(=O)CCC(=O)Nc2cnn(C(C)(C)C(=O)O)c2)cc1. The Kier molecular flexibility index (Phi) is 5.76. The molecule has 0 aliphatic rings. The first-order valence-corrected chi connectivity index (χ1v) is 7.99. The molecule has 2 aromatic rings. The summed E-state index contributed by atoms with van der Waals surface area (Å²) in [6.07, 6.45) is 2.89. The molecule has 8 nitrogen and oxygen atoms in total. The average molecular weight is 359 g/mol. The summed E-state index contributed by atoms with van der Waals surface area (Å²) in [5.74, 6) is -0.880. The summed E-state index contributed by atoms with van der Waals surface area (Å²) in [4.78, 5) is 35.3. The van der Waals surface area contributed by atoms with E-state index in [1.54, 1.807) is 31.4 Å². The van der Waals surface area contributed by atoms with Gasteiger partial charge in [-0.05, 0) is 38.1 Å². The van der Waals surface area contributed by atoms with Crippen LogP contribution in [0, 0.1) is 0 Å². The Hall–Kier alpha value is -3.16. The number of hydrogen-bond donors (Lipinski definition) is 2. The van der Waals surface area contributed by atoms with Crippen LogP contribution in [0.2, 0.25) is 0 Å². The number of hydrogen-bond acceptors (Lipinski definition) is 5. The number of nitrogens with zero attached hydrogens (tertiary/aromatic N) is 2. The molecule has 0 spiro atoms. The van der Waals surface area contributed by atoms with Gasteiger partial charge in [-0.1, -0.05) is 0 Å². The molecule has 0 fully saturated rings. The van der Waals surface area contributed by atoms with E-state index in [0.29, 0.717) is 17.0 Å². The molecule has 0 aliphatic heterocycles. The molecule has 0 saturated carbocycles. The number of carbonyl (C=O) groups excluding carboxylic acids is 2. The maximum absolute atomic E-state index is 12.1. The van der Waals surface area contributed by atoms with Crippen molar-refractivity contribution in [1.82, 2.24) is 9.78 Å². The van der Waals surface area contributed by atoms with Crippen molar-refractivity contribution in [3.8, 4) is 5.75 Å². The molecule has 26 heavy (non-hydrogen) atoms. The summed E-state index contributed by atoms with van der Waals surface area (Å²) in [5, 5.41) is 15.8. The molecule has 1 heterocycles. The fourth-order valence-corrected chi connectivity index (χ4v) is 2.16. The van der Waals surface area contributed by atoms with E-state index in [0.717, 1.165) is 0 Å². The molecule has 1 aromatic carbocycles. The average Bonchev–Trinajstić information content (AvgIpc) is 3.08. The van der Waals surface area contributed by atoms with Crippen LogP contribution in [0.3, 0.4) is 0 Å². The Morgan fingerprint density at radius 3 is 2.42 bits per heavy atom. The molecule has 8 heteroatoms. The van der Waals surface area contributed by atoms with Crippen LogP contribution in [-0.4, -0.2) is 39.7 Å². The van der Waals surface area contributed by atoms with Gasteiger partial charge in [-0.25, -0.2) is 4.79 Å². The molecule has 0 radical (unpaired) electrons. The van der Waals surface area contributed by atoms with Crippen LogP contribution < -0.4 is 10.1 Å². The van der Waals surface area contributed by atoms with E-state index in [2.05, 4.69) is 10.4 Å². The lowest BCUT2D eigenvalue weighted by molar-refractivity contribution is -0.146. The van der Waals surface area contributed by atoms with Gasteiger partial charge in [-0.3, -0.25) is 14.3 Å². The monoisotopic (exact) mass is 359 g/mol. The number of rotatable bonds is 8. The standard InChI is InChI=1S/C18H21N3O5/c1-18(2,17(24)25)21-11-13(10-19-21)20-16(23)9-8-15(22)12-4-6-14(26-3)7-5-12/h4-7,10-11H,8-9H2,1-3H3,(H,20,23)(H,24,25). The highest BCUT2D eigenvalue weighted by molar-refractivity contribution is 6.00. The number of carboxylic acid groups (broad SMARTS) is 1. The number of benzene rings is 1. The van der Waals surface area contributed by atoms with Crippen LogP contribution in [0.5, 0.6) is 5.75 Å². The molecule has 0 aliphatic carbocycles. The maximum atomic E-state index is 12.1. The van der Waals surface area contributed by atoms with Gasteiger partial charge >= 0.3 is 5.97 Å². The van der Waals surface area contributed by atoms with Gasteiger partial charge in [0.1, 0.15) is 5.75 Å². The van der Waals surface area contributed by atoms with Crippen LogP contribution >= 0.6 is 0 Å². The van der Waals surface area contributed by atoms with Gasteiger partial charge in [0, 0.05) is 24.6 Å². The van der Waals surface area contributed by atoms with Gasteiger partial charge in [-0.15, -0.1) is 0 Å². The molecule has 2 rings (SSSR count). The number of carboxylic acids is 1. The molecular formula is C18H21N3O5. The second-order valence-corrected chi connectivity index (χ2v) is 6.24. The van der Waals surface area contributed by atoms with Gasteiger partial charge in [0.05, 0.1) is 19.0 Å². The van der Waals surface area contributed by atoms with Crippen molar-refractivity contribution in [3.63, 3.8) is 0 Å². The lowest BCUT2D eigenvalue weighted by Gasteiger charge is -2.19. The molecule has 1 aromatic heterocycles. The number of amides is 1. The Labute approximate surface area is 150 Å². The minimum Gasteiger partial charge on any atom is -0.497 e. The van der Waals surface area contributed by atoms with Crippen LogP contribution in [-0.2, 0) is 15.1 Å². The third-order valence-electron chi connectivity index (χ3n) is 3.95. The van der Waals surface area contributed by atoms with Gasteiger partial charge in [-0.2, -0.15) is 5.10 Å². The first kappa shape index (κ1) is 19.2. The van der Waals surface area contributed by atoms with Crippen LogP contribution in [0.15, 0.2) is 36.7 Å². The van der Waals surface area contributed by atoms with E-state index in [9.17, 15) is 19.5 Å². The zero-order chi connectivity index (χ0) is 19.3. The van der Waals surface area contributed by atoms with Crippen molar-refractivity contribution < 1.29 is 24.2 Å². The van der Waals surface area contributed by atoms with E-state index in [1.807, 2.05) is 0 Å². The number of anilines is 1. The van der Waals surface area contributed by atoms with Gasteiger partial charge in [0.15, 0.2) is 11.3 Å². The highest BCUT2D eigenvalue weighted by atomic mass is 16.5.